The van der Waals surface area contributed by atoms with Gasteiger partial charge in [-0.3, -0.25) is 4.79 Å². The Labute approximate surface area is 186 Å². The highest BCUT2D eigenvalue weighted by Crippen LogP contribution is 2.34. The van der Waals surface area contributed by atoms with Crippen molar-refractivity contribution in [3.63, 3.8) is 0 Å². The van der Waals surface area contributed by atoms with Gasteiger partial charge in [0.1, 0.15) is 10.3 Å². The molecule has 0 spiro atoms. The number of hydrogen-bond donors (Lipinski definition) is 2. The highest BCUT2D eigenvalue weighted by molar-refractivity contribution is 9.11. The van der Waals surface area contributed by atoms with Crippen LogP contribution >= 0.6 is 27.3 Å². The van der Waals surface area contributed by atoms with Crippen molar-refractivity contribution in [1.82, 2.24) is 4.72 Å². The quantitative estimate of drug-likeness (QED) is 0.506. The van der Waals surface area contributed by atoms with E-state index in [0.29, 0.717) is 21.0 Å². The molecule has 0 saturated carbocycles. The molecule has 1 atom stereocenters. The highest BCUT2D eigenvalue weighted by atomic mass is 79.9. The second kappa shape index (κ2) is 8.76. The van der Waals surface area contributed by atoms with Gasteiger partial charge in [0.15, 0.2) is 11.5 Å². The van der Waals surface area contributed by atoms with E-state index in [4.69, 9.17) is 9.47 Å². The van der Waals surface area contributed by atoms with Crippen molar-refractivity contribution >= 4 is 48.9 Å². The molecule has 0 fully saturated rings. The Kier molecular flexibility index (Phi) is 6.09. The number of ether oxygens (including phenoxy) is 2. The first kappa shape index (κ1) is 20.9. The summed E-state index contributed by atoms with van der Waals surface area (Å²) in [5.41, 5.74) is 1.32. The van der Waals surface area contributed by atoms with Crippen molar-refractivity contribution in [2.24, 2.45) is 0 Å². The largest absolute Gasteiger partial charge is 0.454 e. The molecule has 1 aliphatic heterocycles. The molecule has 0 aliphatic carbocycles. The maximum Gasteiger partial charge on any atom is 0.250 e. The molecule has 10 heteroatoms. The van der Waals surface area contributed by atoms with Crippen LogP contribution in [0.5, 0.6) is 11.5 Å². The van der Waals surface area contributed by atoms with Crippen LogP contribution in [0, 0.1) is 0 Å². The first-order chi connectivity index (χ1) is 14.4. The minimum atomic E-state index is -3.87. The van der Waals surface area contributed by atoms with Crippen LogP contribution < -0.4 is 19.5 Å². The third-order valence-electron chi connectivity index (χ3n) is 4.35. The zero-order chi connectivity index (χ0) is 21.1. The Morgan fingerprint density at radius 1 is 1.07 bits per heavy atom. The number of thiophene rings is 1. The van der Waals surface area contributed by atoms with Crippen LogP contribution in [0.15, 0.2) is 68.7 Å². The van der Waals surface area contributed by atoms with E-state index < -0.39 is 22.0 Å². The number of rotatable bonds is 7. The number of sulfonamides is 1. The topological polar surface area (TPSA) is 93.7 Å². The summed E-state index contributed by atoms with van der Waals surface area (Å²) in [6.07, 6.45) is 0.197. The molecule has 7 nitrogen and oxygen atoms in total. The lowest BCUT2D eigenvalue weighted by atomic mass is 10.1. The average Bonchev–Trinajstić information content (AvgIpc) is 3.37. The van der Waals surface area contributed by atoms with Crippen LogP contribution in [0.3, 0.4) is 0 Å². The minimum absolute atomic E-state index is 0.125. The third kappa shape index (κ3) is 4.84. The van der Waals surface area contributed by atoms with Gasteiger partial charge in [-0.25, -0.2) is 8.42 Å². The zero-order valence-electron chi connectivity index (χ0n) is 15.5. The SMILES string of the molecule is O=C(Nc1ccc2c(c1)OCO2)C(Cc1ccccc1)NS(=O)(=O)c1ccc(Br)s1. The van der Waals surface area contributed by atoms with Crippen molar-refractivity contribution < 1.29 is 22.7 Å². The van der Waals surface area contributed by atoms with Crippen molar-refractivity contribution in [3.05, 3.63) is 70.0 Å². The van der Waals surface area contributed by atoms with E-state index in [9.17, 15) is 13.2 Å². The van der Waals surface area contributed by atoms with E-state index in [-0.39, 0.29) is 17.4 Å². The molecule has 2 aromatic carbocycles. The number of nitrogens with one attached hydrogen (secondary N) is 2. The van der Waals surface area contributed by atoms with Crippen molar-refractivity contribution in [1.29, 1.82) is 0 Å². The maximum atomic E-state index is 13.0. The Balaban J connectivity index is 1.57. The fourth-order valence-corrected chi connectivity index (χ4v) is 6.15. The molecule has 30 heavy (non-hydrogen) atoms. The molecule has 156 valence electrons. The van der Waals surface area contributed by atoms with Gasteiger partial charge in [0.05, 0.1) is 3.79 Å². The molecule has 4 rings (SSSR count). The summed E-state index contributed by atoms with van der Waals surface area (Å²) < 4.78 is 39.6. The normalized spacial score (nSPS) is 13.8. The summed E-state index contributed by atoms with van der Waals surface area (Å²) in [6, 6.07) is 16.4. The molecular weight excluding hydrogens is 492 g/mol. The Morgan fingerprint density at radius 2 is 1.83 bits per heavy atom. The van der Waals surface area contributed by atoms with E-state index >= 15 is 0 Å². The van der Waals surface area contributed by atoms with Gasteiger partial charge in [0.25, 0.3) is 10.0 Å². The molecule has 0 radical (unpaired) electrons. The number of halogens is 1. The fraction of sp³-hybridized carbons (Fsp3) is 0.150. The summed E-state index contributed by atoms with van der Waals surface area (Å²) >= 11 is 4.34. The maximum absolute atomic E-state index is 13.0. The standard InChI is InChI=1S/C20H17BrN2O5S2/c21-18-8-9-19(29-18)30(25,26)23-15(10-13-4-2-1-3-5-13)20(24)22-14-6-7-16-17(11-14)28-12-27-16/h1-9,11,15,23H,10,12H2,(H,22,24). The van der Waals surface area contributed by atoms with Crippen molar-refractivity contribution in [2.75, 3.05) is 12.1 Å². The second-order valence-corrected chi connectivity index (χ2v) is 10.9. The molecule has 1 aromatic heterocycles. The molecule has 1 unspecified atom stereocenters. The molecule has 1 amide bonds. The Morgan fingerprint density at radius 3 is 2.57 bits per heavy atom. The van der Waals surface area contributed by atoms with E-state index in [1.165, 1.54) is 6.07 Å². The minimum Gasteiger partial charge on any atom is -0.454 e. The van der Waals surface area contributed by atoms with E-state index in [1.807, 2.05) is 30.3 Å². The molecule has 2 heterocycles. The number of anilines is 1. The predicted molar refractivity (Wildman–Crippen MR) is 117 cm³/mol. The summed E-state index contributed by atoms with van der Waals surface area (Å²) in [7, 11) is -3.87. The number of fused-ring (bicyclic) bond motifs is 1. The Bertz CT molecular complexity index is 1160. The number of benzene rings is 2. The molecular formula is C20H17BrN2O5S2. The van der Waals surface area contributed by atoms with Crippen LogP contribution in [0.25, 0.3) is 0 Å². The van der Waals surface area contributed by atoms with Gasteiger partial charge in [-0.2, -0.15) is 4.72 Å². The van der Waals surface area contributed by atoms with E-state index in [0.717, 1.165) is 16.9 Å². The van der Waals surface area contributed by atoms with Gasteiger partial charge < -0.3 is 14.8 Å². The summed E-state index contributed by atoms with van der Waals surface area (Å²) in [6.45, 7) is 0.125. The van der Waals surface area contributed by atoms with E-state index in [2.05, 4.69) is 26.0 Å². The molecule has 2 N–H and O–H groups in total. The molecule has 3 aromatic rings. The first-order valence-corrected chi connectivity index (χ1v) is 12.0. The van der Waals surface area contributed by atoms with Gasteiger partial charge in [-0.1, -0.05) is 30.3 Å². The summed E-state index contributed by atoms with van der Waals surface area (Å²) in [4.78, 5) is 13.0. The Hall–Kier alpha value is -2.40. The third-order valence-corrected chi connectivity index (χ3v) is 7.94. The lowest BCUT2D eigenvalue weighted by molar-refractivity contribution is -0.117. The monoisotopic (exact) mass is 508 g/mol. The molecule has 0 saturated heterocycles. The highest BCUT2D eigenvalue weighted by Gasteiger charge is 2.27. The number of carbonyl (C=O) groups excluding carboxylic acids is 1. The first-order valence-electron chi connectivity index (χ1n) is 8.93. The van der Waals surface area contributed by atoms with Crippen LogP contribution in [0.1, 0.15) is 5.56 Å². The van der Waals surface area contributed by atoms with Gasteiger partial charge in [-0.15, -0.1) is 11.3 Å². The van der Waals surface area contributed by atoms with Crippen LogP contribution in [-0.4, -0.2) is 27.2 Å². The lowest BCUT2D eigenvalue weighted by Crippen LogP contribution is -2.45. The average molecular weight is 509 g/mol. The summed E-state index contributed by atoms with van der Waals surface area (Å²) in [5, 5.41) is 2.76. The van der Waals surface area contributed by atoms with Crippen molar-refractivity contribution in [3.8, 4) is 11.5 Å². The molecule has 0 bridgehead atoms. The van der Waals surface area contributed by atoms with Gasteiger partial charge in [-0.05, 0) is 52.2 Å². The number of hydrogen-bond acceptors (Lipinski definition) is 6. The van der Waals surface area contributed by atoms with Crippen LogP contribution in [-0.2, 0) is 21.2 Å². The van der Waals surface area contributed by atoms with Gasteiger partial charge in [0, 0.05) is 11.8 Å². The van der Waals surface area contributed by atoms with Gasteiger partial charge in [0.2, 0.25) is 12.7 Å². The molecule has 1 aliphatic rings. The van der Waals surface area contributed by atoms with Gasteiger partial charge >= 0.3 is 0 Å². The predicted octanol–water partition coefficient (Wildman–Crippen LogP) is 3.77. The van der Waals surface area contributed by atoms with Crippen molar-refractivity contribution in [2.45, 2.75) is 16.7 Å². The second-order valence-electron chi connectivity index (χ2n) is 6.48. The number of amides is 1. The zero-order valence-corrected chi connectivity index (χ0v) is 18.7. The lowest BCUT2D eigenvalue weighted by Gasteiger charge is -2.18. The van der Waals surface area contributed by atoms with E-state index in [1.54, 1.807) is 24.3 Å². The van der Waals surface area contributed by atoms with Crippen LogP contribution in [0.4, 0.5) is 5.69 Å². The summed E-state index contributed by atoms with van der Waals surface area (Å²) in [5.74, 6) is 0.645. The fourth-order valence-electron chi connectivity index (χ4n) is 2.93. The van der Waals surface area contributed by atoms with Crippen LogP contribution in [0.2, 0.25) is 0 Å². The number of carbonyl (C=O) groups is 1. The smallest absolute Gasteiger partial charge is 0.250 e.